The molecule has 0 saturated carbocycles. The summed E-state index contributed by atoms with van der Waals surface area (Å²) in [7, 11) is 0. The Morgan fingerprint density at radius 1 is 0.720 bits per heavy atom. The molecule has 124 valence electrons. The van der Waals surface area contributed by atoms with Crippen LogP contribution in [0.4, 0.5) is 13.2 Å². The van der Waals surface area contributed by atoms with E-state index in [2.05, 4.69) is 11.8 Å². The molecule has 0 unspecified atom stereocenters. The van der Waals surface area contributed by atoms with Gasteiger partial charge in [0.15, 0.2) is 0 Å². The molecule has 25 heavy (non-hydrogen) atoms. The average Bonchev–Trinajstić information content (AvgIpc) is 2.61. The maximum Gasteiger partial charge on any atom is 0.416 e. The number of hydrogen-bond acceptors (Lipinski definition) is 0. The van der Waals surface area contributed by atoms with Gasteiger partial charge in [0.1, 0.15) is 0 Å². The summed E-state index contributed by atoms with van der Waals surface area (Å²) in [6.07, 6.45) is -4.33. The number of alkyl halides is 3. The third-order valence-electron chi connectivity index (χ3n) is 3.84. The number of aryl methyl sites for hydroxylation is 1. The summed E-state index contributed by atoms with van der Waals surface area (Å²) in [5.41, 5.74) is 3.71. The Kier molecular flexibility index (Phi) is 4.63. The van der Waals surface area contributed by atoms with Crippen LogP contribution in [0.3, 0.4) is 0 Å². The molecule has 0 aliphatic rings. The molecule has 0 radical (unpaired) electrons. The van der Waals surface area contributed by atoms with Gasteiger partial charge in [-0.25, -0.2) is 0 Å². The van der Waals surface area contributed by atoms with Gasteiger partial charge < -0.3 is 0 Å². The first-order valence-electron chi connectivity index (χ1n) is 7.79. The molecule has 0 amide bonds. The van der Waals surface area contributed by atoms with E-state index < -0.39 is 11.7 Å². The van der Waals surface area contributed by atoms with Crippen LogP contribution in [-0.2, 0) is 6.18 Å². The second-order valence-electron chi connectivity index (χ2n) is 5.74. The van der Waals surface area contributed by atoms with Crippen molar-refractivity contribution in [1.29, 1.82) is 0 Å². The van der Waals surface area contributed by atoms with Crippen molar-refractivity contribution in [1.82, 2.24) is 0 Å². The third-order valence-corrected chi connectivity index (χ3v) is 3.84. The highest BCUT2D eigenvalue weighted by Crippen LogP contribution is 2.31. The Morgan fingerprint density at radius 3 is 2.00 bits per heavy atom. The average molecular weight is 336 g/mol. The number of rotatable bonds is 1. The van der Waals surface area contributed by atoms with Crippen molar-refractivity contribution in [3.63, 3.8) is 0 Å². The van der Waals surface area contributed by atoms with E-state index in [1.807, 2.05) is 55.5 Å². The molecule has 0 fully saturated rings. The zero-order chi connectivity index (χ0) is 17.9. The summed E-state index contributed by atoms with van der Waals surface area (Å²) in [6, 6.07) is 20.5. The zero-order valence-electron chi connectivity index (χ0n) is 13.6. The fourth-order valence-corrected chi connectivity index (χ4v) is 2.46. The Morgan fingerprint density at radius 2 is 1.36 bits per heavy atom. The molecule has 0 aliphatic carbocycles. The van der Waals surface area contributed by atoms with Crippen LogP contribution in [0.1, 0.15) is 22.3 Å². The molecule has 3 rings (SSSR count). The van der Waals surface area contributed by atoms with E-state index in [0.29, 0.717) is 5.56 Å². The van der Waals surface area contributed by atoms with Crippen LogP contribution in [0.25, 0.3) is 11.1 Å². The van der Waals surface area contributed by atoms with Crippen LogP contribution in [0.5, 0.6) is 0 Å². The van der Waals surface area contributed by atoms with Crippen molar-refractivity contribution in [2.45, 2.75) is 13.1 Å². The van der Waals surface area contributed by atoms with E-state index >= 15 is 0 Å². The smallest absolute Gasteiger partial charge is 0.166 e. The standard InChI is InChI=1S/C22H15F3/c1-16-6-8-17(9-7-16)10-11-18-4-2-3-5-21(18)19-12-14-20(15-13-19)22(23,24)25/h2-9,12-15H,1H3. The summed E-state index contributed by atoms with van der Waals surface area (Å²) in [4.78, 5) is 0. The van der Waals surface area contributed by atoms with Gasteiger partial charge in [-0.3, -0.25) is 0 Å². The van der Waals surface area contributed by atoms with E-state index in [1.54, 1.807) is 0 Å². The van der Waals surface area contributed by atoms with Gasteiger partial charge in [-0.05, 0) is 48.4 Å². The molecule has 3 aromatic rings. The normalized spacial score (nSPS) is 10.9. The second-order valence-corrected chi connectivity index (χ2v) is 5.74. The van der Waals surface area contributed by atoms with Crippen LogP contribution in [0.15, 0.2) is 72.8 Å². The SMILES string of the molecule is Cc1ccc(C#Cc2ccccc2-c2ccc(C(F)(F)F)cc2)cc1. The first kappa shape index (κ1) is 16.9. The number of benzene rings is 3. The van der Waals surface area contributed by atoms with E-state index in [4.69, 9.17) is 0 Å². The molecule has 0 N–H and O–H groups in total. The van der Waals surface area contributed by atoms with Gasteiger partial charge in [-0.1, -0.05) is 59.9 Å². The molecule has 0 saturated heterocycles. The summed E-state index contributed by atoms with van der Waals surface area (Å²) in [6.45, 7) is 2.01. The van der Waals surface area contributed by atoms with Gasteiger partial charge >= 0.3 is 6.18 Å². The molecule has 0 spiro atoms. The predicted octanol–water partition coefficient (Wildman–Crippen LogP) is 6.08. The molecular weight excluding hydrogens is 321 g/mol. The summed E-state index contributed by atoms with van der Waals surface area (Å²) >= 11 is 0. The molecule has 0 atom stereocenters. The Hall–Kier alpha value is -2.99. The lowest BCUT2D eigenvalue weighted by Gasteiger charge is -2.09. The van der Waals surface area contributed by atoms with Crippen molar-refractivity contribution in [3.05, 3.63) is 95.1 Å². The van der Waals surface area contributed by atoms with Crippen molar-refractivity contribution >= 4 is 0 Å². The fourth-order valence-electron chi connectivity index (χ4n) is 2.46. The summed E-state index contributed by atoms with van der Waals surface area (Å²) in [5, 5.41) is 0. The minimum Gasteiger partial charge on any atom is -0.166 e. The van der Waals surface area contributed by atoms with Crippen molar-refractivity contribution in [2.75, 3.05) is 0 Å². The van der Waals surface area contributed by atoms with Gasteiger partial charge in [-0.15, -0.1) is 0 Å². The van der Waals surface area contributed by atoms with Gasteiger partial charge in [0, 0.05) is 11.1 Å². The predicted molar refractivity (Wildman–Crippen MR) is 94.0 cm³/mol. The minimum absolute atomic E-state index is 0.653. The quantitative estimate of drug-likeness (QED) is 0.472. The maximum atomic E-state index is 12.7. The topological polar surface area (TPSA) is 0 Å². The molecule has 3 heteroatoms. The van der Waals surface area contributed by atoms with Crippen LogP contribution in [0, 0.1) is 18.8 Å². The summed E-state index contributed by atoms with van der Waals surface area (Å²) < 4.78 is 38.1. The van der Waals surface area contributed by atoms with E-state index in [0.717, 1.165) is 34.4 Å². The lowest BCUT2D eigenvalue weighted by Crippen LogP contribution is -2.04. The highest BCUT2D eigenvalue weighted by molar-refractivity contribution is 5.71. The van der Waals surface area contributed by atoms with Crippen molar-refractivity contribution < 1.29 is 13.2 Å². The lowest BCUT2D eigenvalue weighted by atomic mass is 9.98. The third kappa shape index (κ3) is 4.10. The molecular formula is C22H15F3. The molecule has 0 aliphatic heterocycles. The first-order chi connectivity index (χ1) is 11.9. The van der Waals surface area contributed by atoms with Crippen LogP contribution >= 0.6 is 0 Å². The highest BCUT2D eigenvalue weighted by Gasteiger charge is 2.29. The summed E-state index contributed by atoms with van der Waals surface area (Å²) in [5.74, 6) is 6.22. The van der Waals surface area contributed by atoms with Crippen molar-refractivity contribution in [2.24, 2.45) is 0 Å². The van der Waals surface area contributed by atoms with E-state index in [9.17, 15) is 13.2 Å². The van der Waals surface area contributed by atoms with E-state index in [1.165, 1.54) is 12.1 Å². The van der Waals surface area contributed by atoms with E-state index in [-0.39, 0.29) is 0 Å². The number of halogens is 3. The molecule has 0 aromatic heterocycles. The van der Waals surface area contributed by atoms with Gasteiger partial charge in [0.05, 0.1) is 5.56 Å². The lowest BCUT2D eigenvalue weighted by molar-refractivity contribution is -0.137. The monoisotopic (exact) mass is 336 g/mol. The Balaban J connectivity index is 1.95. The van der Waals surface area contributed by atoms with Gasteiger partial charge in [-0.2, -0.15) is 13.2 Å². The highest BCUT2D eigenvalue weighted by atomic mass is 19.4. The van der Waals surface area contributed by atoms with Crippen molar-refractivity contribution in [3.8, 4) is 23.0 Å². The molecule has 0 bridgehead atoms. The van der Waals surface area contributed by atoms with Crippen LogP contribution in [-0.4, -0.2) is 0 Å². The van der Waals surface area contributed by atoms with Gasteiger partial charge in [0.25, 0.3) is 0 Å². The van der Waals surface area contributed by atoms with Crippen LogP contribution < -0.4 is 0 Å². The first-order valence-corrected chi connectivity index (χ1v) is 7.79. The zero-order valence-corrected chi connectivity index (χ0v) is 13.6. The minimum atomic E-state index is -4.33. The maximum absolute atomic E-state index is 12.7. The Bertz CT molecular complexity index is 922. The Labute approximate surface area is 145 Å². The largest absolute Gasteiger partial charge is 0.416 e. The molecule has 0 nitrogen and oxygen atoms in total. The molecule has 3 aromatic carbocycles. The van der Waals surface area contributed by atoms with Gasteiger partial charge in [0.2, 0.25) is 0 Å². The molecule has 0 heterocycles. The second kappa shape index (κ2) is 6.86. The fraction of sp³-hybridized carbons (Fsp3) is 0.0909. The van der Waals surface area contributed by atoms with Crippen LogP contribution in [0.2, 0.25) is 0 Å². The number of hydrogen-bond donors (Lipinski definition) is 0.